The van der Waals surface area contributed by atoms with Crippen molar-refractivity contribution < 1.29 is 98.2 Å². The molecule has 2 fully saturated rings. The summed E-state index contributed by atoms with van der Waals surface area (Å²) in [6.45, 7) is -1.29. The molecule has 0 saturated carbocycles. The highest BCUT2D eigenvalue weighted by molar-refractivity contribution is 5.89. The highest BCUT2D eigenvalue weighted by Crippen LogP contribution is 2.43. The summed E-state index contributed by atoms with van der Waals surface area (Å²) in [5.41, 5.74) is 0.563. The summed E-state index contributed by atoms with van der Waals surface area (Å²) < 4.78 is 50.0. The highest BCUT2D eigenvalue weighted by Gasteiger charge is 2.49. The van der Waals surface area contributed by atoms with E-state index in [4.69, 9.17) is 42.3 Å². The van der Waals surface area contributed by atoms with Crippen molar-refractivity contribution in [1.29, 1.82) is 0 Å². The van der Waals surface area contributed by atoms with Crippen LogP contribution >= 0.6 is 0 Å². The molecule has 6 rings (SSSR count). The van der Waals surface area contributed by atoms with Gasteiger partial charge in [0.25, 0.3) is 0 Å². The molecule has 20 heteroatoms. The van der Waals surface area contributed by atoms with Gasteiger partial charge >= 0.3 is 17.3 Å². The number of aromatic hydroxyl groups is 4. The van der Waals surface area contributed by atoms with E-state index in [2.05, 4.69) is 0 Å². The fourth-order valence-electron chi connectivity index (χ4n) is 6.37. The average Bonchev–Trinajstić information content (AvgIpc) is 3.22. The Morgan fingerprint density at radius 3 is 1.93 bits per heavy atom. The topological polar surface area (TPSA) is 305 Å². The van der Waals surface area contributed by atoms with Crippen LogP contribution in [0.3, 0.4) is 0 Å². The first-order valence-corrected chi connectivity index (χ1v) is 17.8. The minimum absolute atomic E-state index is 0.0225. The number of phenolic OH excluding ortho intramolecular Hbond substituents is 4. The van der Waals surface area contributed by atoms with Gasteiger partial charge in [-0.2, -0.15) is 0 Å². The number of ether oxygens (including phenoxy) is 8. The van der Waals surface area contributed by atoms with Gasteiger partial charge in [-0.25, -0.2) is 9.21 Å². The first-order chi connectivity index (χ1) is 28.1. The van der Waals surface area contributed by atoms with Gasteiger partial charge in [0.05, 0.1) is 39.6 Å². The molecule has 0 bridgehead atoms. The molecular formula is C39H43O20+. The fourth-order valence-corrected chi connectivity index (χ4v) is 6.37. The zero-order valence-electron chi connectivity index (χ0n) is 31.5. The van der Waals surface area contributed by atoms with Gasteiger partial charge in [-0.1, -0.05) is 0 Å². The highest BCUT2D eigenvalue weighted by atomic mass is 16.7. The molecule has 10 N–H and O–H groups in total. The number of carbonyl (C=O) groups is 1. The molecule has 20 nitrogen and oxygen atoms in total. The van der Waals surface area contributed by atoms with Crippen molar-refractivity contribution in [3.05, 3.63) is 60.2 Å². The second kappa shape index (κ2) is 18.1. The molecule has 0 unspecified atom stereocenters. The number of aliphatic hydroxyl groups excluding tert-OH is 6. The molecule has 0 radical (unpaired) electrons. The van der Waals surface area contributed by atoms with Crippen LogP contribution in [0.25, 0.3) is 28.4 Å². The molecule has 3 heterocycles. The van der Waals surface area contributed by atoms with Crippen molar-refractivity contribution in [1.82, 2.24) is 0 Å². The lowest BCUT2D eigenvalue weighted by Crippen LogP contribution is -2.62. The SMILES string of the molecule is COc1cc(/C=C/C(=O)OC[C@H]2O[C@@H](OC[C@H]3O[C@@H](Oc4cc5c(O)cc(O)cc5[o+]c4-c4ccc(O)c(O)c4)[C@H](O)[C@@H](O)[C@H]3O)[C@H](O)[C@@H](O)[C@@H]2O)cc(OC)c1OC. The number of hydrogen-bond donors (Lipinski definition) is 10. The summed E-state index contributed by atoms with van der Waals surface area (Å²) in [6.07, 6.45) is -15.1. The van der Waals surface area contributed by atoms with Crippen molar-refractivity contribution in [3.8, 4) is 57.3 Å². The Hall–Kier alpha value is -5.68. The summed E-state index contributed by atoms with van der Waals surface area (Å²) in [5.74, 6) is -2.03. The molecule has 3 aromatic carbocycles. The number of rotatable bonds is 13. The van der Waals surface area contributed by atoms with E-state index in [1.54, 1.807) is 12.1 Å². The molecular weight excluding hydrogens is 788 g/mol. The zero-order valence-corrected chi connectivity index (χ0v) is 31.5. The van der Waals surface area contributed by atoms with Crippen molar-refractivity contribution in [3.63, 3.8) is 0 Å². The van der Waals surface area contributed by atoms with E-state index in [0.717, 1.165) is 24.3 Å². The normalized spacial score (nSPS) is 27.1. The predicted molar refractivity (Wildman–Crippen MR) is 199 cm³/mol. The number of carbonyl (C=O) groups excluding carboxylic acids is 1. The molecule has 2 saturated heterocycles. The Labute approximate surface area is 334 Å². The van der Waals surface area contributed by atoms with Crippen LogP contribution < -0.4 is 18.9 Å². The van der Waals surface area contributed by atoms with E-state index in [9.17, 15) is 55.9 Å². The monoisotopic (exact) mass is 831 g/mol. The number of aliphatic hydroxyl groups is 6. The van der Waals surface area contributed by atoms with Gasteiger partial charge in [0.2, 0.25) is 17.8 Å². The summed E-state index contributed by atoms with van der Waals surface area (Å²) in [7, 11) is 4.29. The van der Waals surface area contributed by atoms with E-state index in [0.29, 0.717) is 22.8 Å². The lowest BCUT2D eigenvalue weighted by molar-refractivity contribution is -0.323. The number of esters is 1. The number of benzene rings is 3. The summed E-state index contributed by atoms with van der Waals surface area (Å²) in [4.78, 5) is 12.6. The van der Waals surface area contributed by atoms with Crippen LogP contribution in [-0.2, 0) is 23.7 Å². The minimum Gasteiger partial charge on any atom is -0.507 e. The van der Waals surface area contributed by atoms with Crippen molar-refractivity contribution in [2.45, 2.75) is 61.4 Å². The fraction of sp³-hybridized carbons (Fsp3) is 0.385. The van der Waals surface area contributed by atoms with Crippen LogP contribution in [0.1, 0.15) is 5.56 Å². The number of methoxy groups -OCH3 is 3. The van der Waals surface area contributed by atoms with Gasteiger partial charge in [0.15, 0.2) is 29.3 Å². The van der Waals surface area contributed by atoms with Crippen LogP contribution in [0.4, 0.5) is 0 Å². The number of fused-ring (bicyclic) bond motifs is 1. The third-order valence-electron chi connectivity index (χ3n) is 9.55. The Kier molecular flexibility index (Phi) is 13.1. The second-order valence-corrected chi connectivity index (χ2v) is 13.4. The first kappa shape index (κ1) is 42.9. The quantitative estimate of drug-likeness (QED) is 0.0380. The van der Waals surface area contributed by atoms with E-state index in [1.807, 2.05) is 0 Å². The molecule has 0 spiro atoms. The Bertz CT molecular complexity index is 2130. The molecule has 59 heavy (non-hydrogen) atoms. The number of phenols is 4. The van der Waals surface area contributed by atoms with E-state index in [-0.39, 0.29) is 33.8 Å². The van der Waals surface area contributed by atoms with Crippen molar-refractivity contribution >= 4 is 23.0 Å². The smallest absolute Gasteiger partial charge is 0.402 e. The molecule has 318 valence electrons. The van der Waals surface area contributed by atoms with Crippen LogP contribution in [0.15, 0.2) is 59.0 Å². The van der Waals surface area contributed by atoms with Gasteiger partial charge < -0.3 is 89.0 Å². The Morgan fingerprint density at radius 2 is 1.31 bits per heavy atom. The maximum atomic E-state index is 12.6. The molecule has 0 amide bonds. The third-order valence-corrected chi connectivity index (χ3v) is 9.55. The lowest BCUT2D eigenvalue weighted by Gasteiger charge is -2.42. The Morgan fingerprint density at radius 1 is 0.678 bits per heavy atom. The van der Waals surface area contributed by atoms with Crippen molar-refractivity contribution in [2.24, 2.45) is 0 Å². The molecule has 2 aliphatic heterocycles. The van der Waals surface area contributed by atoms with Gasteiger partial charge in [0.1, 0.15) is 72.3 Å². The van der Waals surface area contributed by atoms with Crippen LogP contribution in [-0.4, -0.2) is 153 Å². The van der Waals surface area contributed by atoms with E-state index < -0.39 is 97.8 Å². The predicted octanol–water partition coefficient (Wildman–Crippen LogP) is 0.496. The molecule has 0 aliphatic carbocycles. The van der Waals surface area contributed by atoms with Gasteiger partial charge in [-0.15, -0.1) is 0 Å². The summed E-state index contributed by atoms with van der Waals surface area (Å²) in [5, 5.41) is 105. The molecule has 4 aromatic rings. The molecule has 1 aromatic heterocycles. The van der Waals surface area contributed by atoms with Gasteiger partial charge in [-0.3, -0.25) is 0 Å². The number of hydrogen-bond acceptors (Lipinski definition) is 19. The maximum Gasteiger partial charge on any atom is 0.402 e. The van der Waals surface area contributed by atoms with Crippen molar-refractivity contribution in [2.75, 3.05) is 34.5 Å². The standard InChI is InChI=1S/C39H42O20/c1-51-24-8-16(9-25(52-2)37(24)53-3)4-7-29(44)54-14-27-30(45)32(47)34(49)38(58-27)55-15-28-31(46)33(48)35(50)39(59-28)57-26-13-19-21(42)11-18(40)12-23(19)56-36(26)17-5-6-20(41)22(43)10-17/h4-13,27-28,30-35,38-39,45-50H,14-15H2,1-3H3,(H3-,40,41,42,43)/p+1/b7-4+/t27-,28-,30-,31+,32+,33+,34-,35-,38-,39-/m1/s1. The molecule has 10 atom stereocenters. The summed E-state index contributed by atoms with van der Waals surface area (Å²) in [6, 6.07) is 10.2. The molecule has 2 aliphatic rings. The van der Waals surface area contributed by atoms with Crippen LogP contribution in [0.5, 0.6) is 46.0 Å². The lowest BCUT2D eigenvalue weighted by atomic mass is 9.98. The first-order valence-electron chi connectivity index (χ1n) is 17.8. The summed E-state index contributed by atoms with van der Waals surface area (Å²) >= 11 is 0. The average molecular weight is 832 g/mol. The second-order valence-electron chi connectivity index (χ2n) is 13.4. The maximum absolute atomic E-state index is 12.6. The third kappa shape index (κ3) is 9.15. The largest absolute Gasteiger partial charge is 0.507 e. The van der Waals surface area contributed by atoms with Gasteiger partial charge in [0, 0.05) is 24.3 Å². The minimum atomic E-state index is -1.92. The van der Waals surface area contributed by atoms with E-state index >= 15 is 0 Å². The Balaban J connectivity index is 1.14. The van der Waals surface area contributed by atoms with E-state index in [1.165, 1.54) is 45.6 Å². The zero-order chi connectivity index (χ0) is 42.7. The van der Waals surface area contributed by atoms with Gasteiger partial charge in [-0.05, 0) is 35.9 Å². The van der Waals surface area contributed by atoms with Crippen LogP contribution in [0, 0.1) is 0 Å². The van der Waals surface area contributed by atoms with Crippen LogP contribution in [0.2, 0.25) is 0 Å².